The molecule has 1 atom stereocenters. The Morgan fingerprint density at radius 3 is 2.82 bits per heavy atom. The molecule has 0 saturated carbocycles. The van der Waals surface area contributed by atoms with E-state index in [1.807, 2.05) is 12.1 Å². The van der Waals surface area contributed by atoms with Crippen LogP contribution in [0, 0.1) is 0 Å². The highest BCUT2D eigenvalue weighted by Crippen LogP contribution is 2.27. The minimum absolute atomic E-state index is 0.370. The summed E-state index contributed by atoms with van der Waals surface area (Å²) in [5.74, 6) is 0.863. The Labute approximate surface area is 142 Å². The van der Waals surface area contributed by atoms with Crippen LogP contribution in [0.25, 0.3) is 10.2 Å². The van der Waals surface area contributed by atoms with Gasteiger partial charge in [-0.1, -0.05) is 12.1 Å². The molecule has 1 heterocycles. The maximum absolute atomic E-state index is 5.28. The lowest BCUT2D eigenvalue weighted by Crippen LogP contribution is -2.83. The number of halogens is 1. The first-order valence-electron chi connectivity index (χ1n) is 7.18. The van der Waals surface area contributed by atoms with Crippen LogP contribution in [0.5, 0.6) is 5.75 Å². The van der Waals surface area contributed by atoms with Crippen LogP contribution in [0.4, 0.5) is 0 Å². The SMILES string of the molecule is COc1ccc([C@H](C)[NH2+]Cc2nc3ccccc3s2)cc1Br. The smallest absolute Gasteiger partial charge is 0.148 e. The quantitative estimate of drug-likeness (QED) is 0.732. The van der Waals surface area contributed by atoms with Crippen LogP contribution >= 0.6 is 27.3 Å². The van der Waals surface area contributed by atoms with Crippen molar-refractivity contribution in [1.29, 1.82) is 0 Å². The third-order valence-electron chi connectivity index (χ3n) is 3.69. The van der Waals surface area contributed by atoms with Crippen LogP contribution in [-0.2, 0) is 6.54 Å². The van der Waals surface area contributed by atoms with Gasteiger partial charge < -0.3 is 10.1 Å². The molecule has 114 valence electrons. The number of methoxy groups -OCH3 is 1. The van der Waals surface area contributed by atoms with Gasteiger partial charge in [0.1, 0.15) is 23.3 Å². The van der Waals surface area contributed by atoms with E-state index in [9.17, 15) is 0 Å². The fourth-order valence-electron chi connectivity index (χ4n) is 2.39. The summed E-state index contributed by atoms with van der Waals surface area (Å²) in [5.41, 5.74) is 2.37. The standard InChI is InChI=1S/C17H17BrN2OS/c1-11(12-7-8-15(21-2)13(18)9-12)19-10-17-20-14-5-3-4-6-16(14)22-17/h3-9,11,19H,10H2,1-2H3/p+1/t11-/m0/s1. The lowest BCUT2D eigenvalue weighted by molar-refractivity contribution is -0.707. The monoisotopic (exact) mass is 377 g/mol. The van der Waals surface area contributed by atoms with Gasteiger partial charge in [0.2, 0.25) is 0 Å². The van der Waals surface area contributed by atoms with E-state index in [0.29, 0.717) is 6.04 Å². The van der Waals surface area contributed by atoms with Crippen molar-refractivity contribution in [3.05, 3.63) is 57.5 Å². The fraction of sp³-hybridized carbons (Fsp3) is 0.235. The van der Waals surface area contributed by atoms with Crippen LogP contribution < -0.4 is 10.1 Å². The van der Waals surface area contributed by atoms with Gasteiger partial charge in [0.15, 0.2) is 0 Å². The summed E-state index contributed by atoms with van der Waals surface area (Å²) in [6.45, 7) is 3.10. The molecule has 3 nitrogen and oxygen atoms in total. The van der Waals surface area contributed by atoms with Gasteiger partial charge in [0, 0.05) is 5.56 Å². The number of thiazole rings is 1. The van der Waals surface area contributed by atoms with Crippen LogP contribution in [-0.4, -0.2) is 12.1 Å². The van der Waals surface area contributed by atoms with E-state index in [1.54, 1.807) is 18.4 Å². The second kappa shape index (κ2) is 6.77. The normalized spacial score (nSPS) is 12.5. The number of quaternary nitrogens is 1. The summed E-state index contributed by atoms with van der Waals surface area (Å²) in [6, 6.07) is 14.9. The first kappa shape index (κ1) is 15.5. The van der Waals surface area contributed by atoms with Gasteiger partial charge in [-0.2, -0.15) is 0 Å². The molecule has 0 radical (unpaired) electrons. The first-order chi connectivity index (χ1) is 10.7. The first-order valence-corrected chi connectivity index (χ1v) is 8.79. The summed E-state index contributed by atoms with van der Waals surface area (Å²) in [7, 11) is 1.68. The third-order valence-corrected chi connectivity index (χ3v) is 5.36. The fourth-order valence-corrected chi connectivity index (χ4v) is 3.89. The van der Waals surface area contributed by atoms with Crippen molar-refractivity contribution >= 4 is 37.5 Å². The Morgan fingerprint density at radius 1 is 1.27 bits per heavy atom. The molecule has 0 aliphatic rings. The van der Waals surface area contributed by atoms with Crippen LogP contribution in [0.3, 0.4) is 0 Å². The molecule has 0 aliphatic carbocycles. The summed E-state index contributed by atoms with van der Waals surface area (Å²) in [4.78, 5) is 4.68. The molecule has 3 aromatic rings. The molecule has 2 aromatic carbocycles. The predicted molar refractivity (Wildman–Crippen MR) is 94.4 cm³/mol. The summed E-state index contributed by atoms with van der Waals surface area (Å²) in [5, 5.41) is 3.48. The molecule has 0 aliphatic heterocycles. The Kier molecular flexibility index (Phi) is 4.76. The average Bonchev–Trinajstić information content (AvgIpc) is 2.95. The molecule has 0 amide bonds. The number of nitrogens with zero attached hydrogens (tertiary/aromatic N) is 1. The number of benzene rings is 2. The van der Waals surface area contributed by atoms with Gasteiger partial charge in [-0.3, -0.25) is 0 Å². The van der Waals surface area contributed by atoms with Crippen LogP contribution in [0.15, 0.2) is 46.9 Å². The van der Waals surface area contributed by atoms with E-state index in [1.165, 1.54) is 15.3 Å². The van der Waals surface area contributed by atoms with E-state index in [2.05, 4.69) is 63.5 Å². The van der Waals surface area contributed by atoms with Crippen molar-refractivity contribution in [3.63, 3.8) is 0 Å². The number of nitrogens with two attached hydrogens (primary N) is 1. The Bertz CT molecular complexity index is 754. The molecule has 0 fully saturated rings. The van der Waals surface area contributed by atoms with Gasteiger partial charge in [-0.15, -0.1) is 11.3 Å². The molecule has 1 aromatic heterocycles. The van der Waals surface area contributed by atoms with Gasteiger partial charge in [-0.25, -0.2) is 4.98 Å². The lowest BCUT2D eigenvalue weighted by atomic mass is 10.1. The number of fused-ring (bicyclic) bond motifs is 1. The molecule has 22 heavy (non-hydrogen) atoms. The van der Waals surface area contributed by atoms with Gasteiger partial charge in [-0.05, 0) is 53.2 Å². The zero-order chi connectivity index (χ0) is 15.5. The number of aromatic nitrogens is 1. The highest BCUT2D eigenvalue weighted by molar-refractivity contribution is 9.10. The zero-order valence-electron chi connectivity index (χ0n) is 12.5. The summed E-state index contributed by atoms with van der Waals surface area (Å²) in [6.07, 6.45) is 0. The lowest BCUT2D eigenvalue weighted by Gasteiger charge is -2.12. The zero-order valence-corrected chi connectivity index (χ0v) is 14.9. The number of hydrogen-bond donors (Lipinski definition) is 1. The highest BCUT2D eigenvalue weighted by atomic mass is 79.9. The number of para-hydroxylation sites is 1. The Morgan fingerprint density at radius 2 is 2.09 bits per heavy atom. The maximum Gasteiger partial charge on any atom is 0.148 e. The minimum Gasteiger partial charge on any atom is -0.496 e. The molecule has 0 unspecified atom stereocenters. The van der Waals surface area contributed by atoms with E-state index in [-0.39, 0.29) is 0 Å². The molecule has 0 bridgehead atoms. The molecule has 5 heteroatoms. The predicted octanol–water partition coefficient (Wildman–Crippen LogP) is 3.89. The molecule has 0 spiro atoms. The molecule has 3 rings (SSSR count). The van der Waals surface area contributed by atoms with Crippen molar-refractivity contribution in [1.82, 2.24) is 4.98 Å². The number of hydrogen-bond acceptors (Lipinski definition) is 3. The van der Waals surface area contributed by atoms with Gasteiger partial charge in [0.05, 0.1) is 21.8 Å². The van der Waals surface area contributed by atoms with Crippen molar-refractivity contribution in [3.8, 4) is 5.75 Å². The largest absolute Gasteiger partial charge is 0.496 e. The van der Waals surface area contributed by atoms with Crippen LogP contribution in [0.2, 0.25) is 0 Å². The Balaban J connectivity index is 1.69. The topological polar surface area (TPSA) is 38.7 Å². The molecule has 2 N–H and O–H groups in total. The maximum atomic E-state index is 5.28. The van der Waals surface area contributed by atoms with Crippen molar-refractivity contribution < 1.29 is 10.1 Å². The minimum atomic E-state index is 0.370. The van der Waals surface area contributed by atoms with Crippen molar-refractivity contribution in [2.24, 2.45) is 0 Å². The summed E-state index contributed by atoms with van der Waals surface area (Å²) < 4.78 is 7.53. The van der Waals surface area contributed by atoms with Gasteiger partial charge in [0.25, 0.3) is 0 Å². The van der Waals surface area contributed by atoms with E-state index in [4.69, 9.17) is 4.74 Å². The average molecular weight is 378 g/mol. The number of ether oxygens (including phenoxy) is 1. The molecular formula is C17H18BrN2OS+. The van der Waals surface area contributed by atoms with Gasteiger partial charge >= 0.3 is 0 Å². The van der Waals surface area contributed by atoms with E-state index < -0.39 is 0 Å². The van der Waals surface area contributed by atoms with Crippen molar-refractivity contribution in [2.45, 2.75) is 19.5 Å². The Hall–Kier alpha value is -1.43. The highest BCUT2D eigenvalue weighted by Gasteiger charge is 2.12. The number of rotatable bonds is 5. The summed E-state index contributed by atoms with van der Waals surface area (Å²) >= 11 is 5.32. The van der Waals surface area contributed by atoms with Crippen LogP contribution in [0.1, 0.15) is 23.5 Å². The third kappa shape index (κ3) is 3.32. The second-order valence-corrected chi connectivity index (χ2v) is 7.17. The van der Waals surface area contributed by atoms with E-state index in [0.717, 1.165) is 22.3 Å². The molecule has 0 saturated heterocycles. The second-order valence-electron chi connectivity index (χ2n) is 5.20. The van der Waals surface area contributed by atoms with Crippen molar-refractivity contribution in [2.75, 3.05) is 7.11 Å². The van der Waals surface area contributed by atoms with E-state index >= 15 is 0 Å². The molecular weight excluding hydrogens is 360 g/mol.